The summed E-state index contributed by atoms with van der Waals surface area (Å²) in [4.78, 5) is 20.8. The van der Waals surface area contributed by atoms with E-state index in [0.29, 0.717) is 0 Å². The standard InChI is InChI=1S/2C12H28O4Si.2CH4O.Ti/c2*1-7-10(4)14-17(13,15-11(5)8-2)16-12(6)9-3;2*1-2;/h2*10-13H,7-9H2,1-6H3;2*2H,1H3;. The van der Waals surface area contributed by atoms with Crippen molar-refractivity contribution in [1.82, 2.24) is 0 Å². The van der Waals surface area contributed by atoms with Crippen LogP contribution >= 0.6 is 0 Å². The number of rotatable bonds is 18. The fourth-order valence-corrected chi connectivity index (χ4v) is 6.58. The molecule has 0 amide bonds. The van der Waals surface area contributed by atoms with Crippen LogP contribution in [0.4, 0.5) is 0 Å². The van der Waals surface area contributed by atoms with E-state index in [9.17, 15) is 9.59 Å². The molecule has 0 saturated heterocycles. The van der Waals surface area contributed by atoms with Gasteiger partial charge in [0, 0.05) is 72.6 Å². The summed E-state index contributed by atoms with van der Waals surface area (Å²) in [7, 11) is -5.00. The van der Waals surface area contributed by atoms with Crippen LogP contribution in [0.1, 0.15) is 122 Å². The second-order valence-electron chi connectivity index (χ2n) is 9.07. The van der Waals surface area contributed by atoms with Crippen molar-refractivity contribution < 1.29 is 68.1 Å². The smallest absolute Gasteiger partial charge is 0.400 e. The van der Waals surface area contributed by atoms with E-state index >= 15 is 0 Å². The summed E-state index contributed by atoms with van der Waals surface area (Å²) in [5, 5.41) is 14.0. The van der Waals surface area contributed by atoms with Gasteiger partial charge in [-0.15, -0.1) is 0 Å². The Balaban J connectivity index is -0.000000171. The van der Waals surface area contributed by atoms with Gasteiger partial charge in [-0.3, -0.25) is 0 Å². The quantitative estimate of drug-likeness (QED) is 0.153. The first-order chi connectivity index (χ1) is 17.7. The number of aliphatic hydroxyl groups excluding tert-OH is 2. The van der Waals surface area contributed by atoms with Crippen LogP contribution in [0.3, 0.4) is 0 Å². The molecule has 0 aromatic carbocycles. The van der Waals surface area contributed by atoms with Crippen LogP contribution in [-0.2, 0) is 48.3 Å². The van der Waals surface area contributed by atoms with Gasteiger partial charge in [0.05, 0.1) is 0 Å². The van der Waals surface area contributed by atoms with E-state index in [1.807, 2.05) is 83.1 Å². The molecule has 0 radical (unpaired) electrons. The molecule has 0 fully saturated rings. The number of hydrogen-bond donors (Lipinski definition) is 4. The van der Waals surface area contributed by atoms with Gasteiger partial charge in [0.25, 0.3) is 0 Å². The molecule has 0 aliphatic rings. The molecular formula is C26H64O10Si2Ti. The van der Waals surface area contributed by atoms with Gasteiger partial charge in [0.1, 0.15) is 0 Å². The minimum absolute atomic E-state index is 0. The Morgan fingerprint density at radius 2 is 0.487 bits per heavy atom. The largest absolute Gasteiger partial charge is 0.677 e. The fraction of sp³-hybridized carbons (Fsp3) is 1.00. The van der Waals surface area contributed by atoms with Crippen molar-refractivity contribution in [3.63, 3.8) is 0 Å². The summed E-state index contributed by atoms with van der Waals surface area (Å²) in [5.74, 6) is 0. The Bertz CT molecular complexity index is 393. The molecule has 0 aromatic rings. The van der Waals surface area contributed by atoms with Gasteiger partial charge in [-0.1, -0.05) is 41.5 Å². The molecule has 0 aliphatic carbocycles. The first-order valence-corrected chi connectivity index (χ1v) is 17.5. The summed E-state index contributed by atoms with van der Waals surface area (Å²) in [5.41, 5.74) is 0. The predicted molar refractivity (Wildman–Crippen MR) is 157 cm³/mol. The third kappa shape index (κ3) is 28.6. The molecule has 0 rings (SSSR count). The van der Waals surface area contributed by atoms with E-state index in [2.05, 4.69) is 0 Å². The Morgan fingerprint density at radius 1 is 0.385 bits per heavy atom. The average Bonchev–Trinajstić information content (AvgIpc) is 2.90. The molecule has 0 saturated carbocycles. The van der Waals surface area contributed by atoms with E-state index in [1.165, 1.54) is 0 Å². The Hall–Kier alpha value is 0.748. The van der Waals surface area contributed by atoms with Gasteiger partial charge in [0.2, 0.25) is 0 Å². The number of hydrogen-bond acceptors (Lipinski definition) is 10. The molecule has 6 atom stereocenters. The van der Waals surface area contributed by atoms with Crippen LogP contribution < -0.4 is 0 Å². The summed E-state index contributed by atoms with van der Waals surface area (Å²) >= 11 is 0. The summed E-state index contributed by atoms with van der Waals surface area (Å²) in [6, 6.07) is 0. The molecule has 0 heterocycles. The van der Waals surface area contributed by atoms with E-state index in [1.54, 1.807) is 0 Å². The van der Waals surface area contributed by atoms with Crippen molar-refractivity contribution >= 4 is 18.1 Å². The van der Waals surface area contributed by atoms with Crippen molar-refractivity contribution in [1.29, 1.82) is 0 Å². The molecular weight excluding hydrogens is 576 g/mol. The first-order valence-electron chi connectivity index (χ1n) is 14.1. The molecule has 13 heteroatoms. The maximum Gasteiger partial charge on any atom is 0.677 e. The minimum Gasteiger partial charge on any atom is -0.400 e. The van der Waals surface area contributed by atoms with Gasteiger partial charge in [-0.05, 0) is 80.1 Å². The number of aliphatic hydroxyl groups is 2. The zero-order chi connectivity index (χ0) is 30.9. The average molecular weight is 641 g/mol. The molecule has 0 aromatic heterocycles. The Kier molecular flexibility index (Phi) is 38.3. The molecule has 240 valence electrons. The topological polar surface area (TPSA) is 136 Å². The SMILES string of the molecule is CCC(C)O[Si](O)(OC(C)CC)OC(C)CC.CCC(C)O[Si](O)(OC(C)CC)OC(C)CC.CO.CO.[Ti]. The summed E-state index contributed by atoms with van der Waals surface area (Å²) in [6.45, 7) is 23.5. The van der Waals surface area contributed by atoms with Gasteiger partial charge in [0.15, 0.2) is 0 Å². The van der Waals surface area contributed by atoms with E-state index < -0.39 is 18.1 Å². The Labute approximate surface area is 257 Å². The van der Waals surface area contributed by atoms with Crippen molar-refractivity contribution in [3.8, 4) is 0 Å². The monoisotopic (exact) mass is 640 g/mol. The second-order valence-corrected chi connectivity index (χ2v) is 12.6. The van der Waals surface area contributed by atoms with Crippen molar-refractivity contribution in [2.45, 2.75) is 158 Å². The molecule has 6 unspecified atom stereocenters. The van der Waals surface area contributed by atoms with E-state index in [0.717, 1.165) is 52.7 Å². The molecule has 0 spiro atoms. The normalized spacial score (nSPS) is 18.3. The van der Waals surface area contributed by atoms with Gasteiger partial charge in [-0.25, -0.2) is 0 Å². The van der Waals surface area contributed by atoms with Crippen LogP contribution in [-0.4, -0.2) is 88.7 Å². The third-order valence-electron chi connectivity index (χ3n) is 5.55. The second kappa shape index (κ2) is 30.2. The van der Waals surface area contributed by atoms with Crippen molar-refractivity contribution in [2.75, 3.05) is 14.2 Å². The zero-order valence-corrected chi connectivity index (χ0v) is 31.0. The van der Waals surface area contributed by atoms with Crippen LogP contribution in [0.2, 0.25) is 0 Å². The van der Waals surface area contributed by atoms with Crippen LogP contribution in [0.15, 0.2) is 0 Å². The zero-order valence-electron chi connectivity index (χ0n) is 27.4. The fourth-order valence-electron chi connectivity index (χ4n) is 2.19. The van der Waals surface area contributed by atoms with Crippen LogP contribution in [0.5, 0.6) is 0 Å². The van der Waals surface area contributed by atoms with Crippen molar-refractivity contribution in [3.05, 3.63) is 0 Å². The summed E-state index contributed by atoms with van der Waals surface area (Å²) < 4.78 is 33.5. The molecule has 10 nitrogen and oxygen atoms in total. The van der Waals surface area contributed by atoms with Gasteiger partial charge < -0.3 is 46.4 Å². The maximum absolute atomic E-state index is 10.4. The van der Waals surface area contributed by atoms with Gasteiger partial charge in [-0.2, -0.15) is 0 Å². The minimum atomic E-state index is -3.50. The Morgan fingerprint density at radius 3 is 0.564 bits per heavy atom. The maximum atomic E-state index is 10.4. The summed E-state index contributed by atoms with van der Waals surface area (Å²) in [6.07, 6.45) is 4.60. The van der Waals surface area contributed by atoms with E-state index in [-0.39, 0.29) is 58.3 Å². The van der Waals surface area contributed by atoms with Crippen LogP contribution in [0, 0.1) is 0 Å². The third-order valence-corrected chi connectivity index (χ3v) is 9.75. The molecule has 0 bridgehead atoms. The van der Waals surface area contributed by atoms with Gasteiger partial charge >= 0.3 is 18.1 Å². The van der Waals surface area contributed by atoms with E-state index in [4.69, 9.17) is 36.8 Å². The molecule has 39 heavy (non-hydrogen) atoms. The van der Waals surface area contributed by atoms with Crippen LogP contribution in [0.25, 0.3) is 0 Å². The molecule has 0 aliphatic heterocycles. The van der Waals surface area contributed by atoms with Crippen molar-refractivity contribution in [2.24, 2.45) is 0 Å². The predicted octanol–water partition coefficient (Wildman–Crippen LogP) is 4.93. The molecule has 4 N–H and O–H groups in total. The first kappa shape index (κ1) is 49.4.